The van der Waals surface area contributed by atoms with E-state index in [4.69, 9.17) is 0 Å². The summed E-state index contributed by atoms with van der Waals surface area (Å²) in [6.45, 7) is 0. The second kappa shape index (κ2) is 10.9. The molecule has 0 radical (unpaired) electrons. The summed E-state index contributed by atoms with van der Waals surface area (Å²) in [7, 11) is 0. The van der Waals surface area contributed by atoms with Crippen LogP contribution in [0.15, 0.2) is 170 Å². The molecule has 182 valence electrons. The molecule has 2 nitrogen and oxygen atoms in total. The molecule has 0 spiro atoms. The Morgan fingerprint density at radius 3 is 0.789 bits per heavy atom. The van der Waals surface area contributed by atoms with Gasteiger partial charge in [-0.15, -0.1) is 0 Å². The Hall–Kier alpha value is -5.08. The molecule has 6 aromatic carbocycles. The molecule has 0 aromatic heterocycles. The van der Waals surface area contributed by atoms with Gasteiger partial charge in [-0.2, -0.15) is 0 Å². The van der Waals surface area contributed by atoms with Crippen LogP contribution in [0.25, 0.3) is 11.1 Å². The molecule has 6 rings (SSSR count). The van der Waals surface area contributed by atoms with Gasteiger partial charge in [0.05, 0.1) is 0 Å². The van der Waals surface area contributed by atoms with Crippen molar-refractivity contribution in [3.05, 3.63) is 170 Å². The largest absolute Gasteiger partial charge is 0.310 e. The van der Waals surface area contributed by atoms with Gasteiger partial charge in [0.1, 0.15) is 0 Å². The van der Waals surface area contributed by atoms with Crippen LogP contribution in [0.2, 0.25) is 0 Å². The molecule has 0 amide bonds. The van der Waals surface area contributed by atoms with Crippen molar-refractivity contribution in [1.82, 2.24) is 0 Å². The number of hydrogen-bond acceptors (Lipinski definition) is 2. The fourth-order valence-electron chi connectivity index (χ4n) is 4.85. The van der Waals surface area contributed by atoms with E-state index in [1.54, 1.807) is 0 Å². The van der Waals surface area contributed by atoms with Gasteiger partial charge >= 0.3 is 0 Å². The normalized spacial score (nSPS) is 10.6. The van der Waals surface area contributed by atoms with Crippen molar-refractivity contribution in [1.29, 1.82) is 0 Å². The molecule has 0 heterocycles. The molecular formula is C36H28N2. The van der Waals surface area contributed by atoms with Gasteiger partial charge in [-0.1, -0.05) is 97.1 Å². The average molecular weight is 489 g/mol. The van der Waals surface area contributed by atoms with E-state index < -0.39 is 0 Å². The summed E-state index contributed by atoms with van der Waals surface area (Å²) in [6.07, 6.45) is 0. The third-order valence-electron chi connectivity index (χ3n) is 6.60. The summed E-state index contributed by atoms with van der Waals surface area (Å²) >= 11 is 0. The molecule has 0 saturated heterocycles. The Labute approximate surface area is 224 Å². The first kappa shape index (κ1) is 23.3. The third-order valence-corrected chi connectivity index (χ3v) is 6.60. The van der Waals surface area contributed by atoms with Crippen LogP contribution in [0.1, 0.15) is 0 Å². The van der Waals surface area contributed by atoms with Gasteiger partial charge in [0.2, 0.25) is 0 Å². The van der Waals surface area contributed by atoms with Crippen LogP contribution in [0, 0.1) is 0 Å². The molecule has 0 saturated carbocycles. The van der Waals surface area contributed by atoms with E-state index in [0.717, 1.165) is 34.1 Å². The maximum atomic E-state index is 2.30. The zero-order valence-corrected chi connectivity index (χ0v) is 21.1. The SMILES string of the molecule is c1ccc(N(c2ccccc2)c2cccc(-c3cccc(N(c4ccccc4)c4ccccc4)c3)c2)cc1. The maximum Gasteiger partial charge on any atom is 0.0467 e. The fraction of sp³-hybridized carbons (Fsp3) is 0. The molecule has 0 aliphatic rings. The Kier molecular flexibility index (Phi) is 6.69. The zero-order chi connectivity index (χ0) is 25.6. The Morgan fingerprint density at radius 2 is 0.500 bits per heavy atom. The molecule has 0 atom stereocenters. The van der Waals surface area contributed by atoms with Gasteiger partial charge in [-0.3, -0.25) is 0 Å². The van der Waals surface area contributed by atoms with Crippen molar-refractivity contribution in [2.45, 2.75) is 0 Å². The van der Waals surface area contributed by atoms with E-state index in [2.05, 4.69) is 180 Å². The molecular weight excluding hydrogens is 460 g/mol. The van der Waals surface area contributed by atoms with Crippen molar-refractivity contribution in [2.75, 3.05) is 9.80 Å². The maximum absolute atomic E-state index is 2.30. The summed E-state index contributed by atoms with van der Waals surface area (Å²) in [5, 5.41) is 0. The van der Waals surface area contributed by atoms with Crippen LogP contribution in [-0.4, -0.2) is 0 Å². The van der Waals surface area contributed by atoms with Gasteiger partial charge in [0.25, 0.3) is 0 Å². The second-order valence-electron chi connectivity index (χ2n) is 9.11. The van der Waals surface area contributed by atoms with Gasteiger partial charge < -0.3 is 9.80 Å². The average Bonchev–Trinajstić information content (AvgIpc) is 3.00. The number of para-hydroxylation sites is 4. The summed E-state index contributed by atoms with van der Waals surface area (Å²) in [5.41, 5.74) is 9.09. The van der Waals surface area contributed by atoms with Gasteiger partial charge in [-0.25, -0.2) is 0 Å². The number of benzene rings is 6. The molecule has 2 heteroatoms. The first-order valence-electron chi connectivity index (χ1n) is 12.9. The van der Waals surface area contributed by atoms with Crippen molar-refractivity contribution in [3.8, 4) is 11.1 Å². The fourth-order valence-corrected chi connectivity index (χ4v) is 4.85. The lowest BCUT2D eigenvalue weighted by Gasteiger charge is -2.27. The predicted octanol–water partition coefficient (Wildman–Crippen LogP) is 10.3. The highest BCUT2D eigenvalue weighted by atomic mass is 15.1. The quantitative estimate of drug-likeness (QED) is 0.220. The summed E-state index contributed by atoms with van der Waals surface area (Å²) < 4.78 is 0. The monoisotopic (exact) mass is 488 g/mol. The first-order chi connectivity index (χ1) is 18.9. The van der Waals surface area contributed by atoms with Crippen LogP contribution >= 0.6 is 0 Å². The lowest BCUT2D eigenvalue weighted by atomic mass is 10.0. The Morgan fingerprint density at radius 1 is 0.237 bits per heavy atom. The van der Waals surface area contributed by atoms with Crippen molar-refractivity contribution >= 4 is 34.1 Å². The minimum atomic E-state index is 1.12. The molecule has 0 aliphatic heterocycles. The lowest BCUT2D eigenvalue weighted by Crippen LogP contribution is -2.10. The van der Waals surface area contributed by atoms with E-state index in [1.165, 1.54) is 11.1 Å². The van der Waals surface area contributed by atoms with Gasteiger partial charge in [-0.05, 0) is 83.9 Å². The third kappa shape index (κ3) is 4.93. The highest BCUT2D eigenvalue weighted by Crippen LogP contribution is 2.39. The van der Waals surface area contributed by atoms with Gasteiger partial charge in [0.15, 0.2) is 0 Å². The summed E-state index contributed by atoms with van der Waals surface area (Å²) in [4.78, 5) is 4.60. The smallest absolute Gasteiger partial charge is 0.0467 e. The van der Waals surface area contributed by atoms with E-state index in [9.17, 15) is 0 Å². The second-order valence-corrected chi connectivity index (χ2v) is 9.11. The molecule has 38 heavy (non-hydrogen) atoms. The van der Waals surface area contributed by atoms with Crippen LogP contribution in [0.5, 0.6) is 0 Å². The standard InChI is InChI=1S/C36H28N2/c1-5-17-31(18-6-1)37(32-19-7-2-8-20-32)35-25-13-15-29(27-35)30-16-14-26-36(28-30)38(33-21-9-3-10-22-33)34-23-11-4-12-24-34/h1-28H. The summed E-state index contributed by atoms with van der Waals surface area (Å²) in [5.74, 6) is 0. The topological polar surface area (TPSA) is 6.48 Å². The van der Waals surface area contributed by atoms with E-state index in [1.807, 2.05) is 0 Å². The highest BCUT2D eigenvalue weighted by Gasteiger charge is 2.15. The minimum absolute atomic E-state index is 1.12. The zero-order valence-electron chi connectivity index (χ0n) is 21.1. The predicted molar refractivity (Wildman–Crippen MR) is 161 cm³/mol. The molecule has 0 fully saturated rings. The lowest BCUT2D eigenvalue weighted by molar-refractivity contribution is 1.28. The van der Waals surface area contributed by atoms with E-state index in [-0.39, 0.29) is 0 Å². The molecule has 0 N–H and O–H groups in total. The van der Waals surface area contributed by atoms with Crippen molar-refractivity contribution in [2.24, 2.45) is 0 Å². The number of nitrogens with zero attached hydrogens (tertiary/aromatic N) is 2. The Bertz CT molecular complexity index is 1390. The van der Waals surface area contributed by atoms with E-state index in [0.29, 0.717) is 0 Å². The van der Waals surface area contributed by atoms with Crippen LogP contribution < -0.4 is 9.80 Å². The van der Waals surface area contributed by atoms with Crippen molar-refractivity contribution in [3.63, 3.8) is 0 Å². The Balaban J connectivity index is 1.43. The molecule has 0 bridgehead atoms. The number of rotatable bonds is 7. The molecule has 0 unspecified atom stereocenters. The van der Waals surface area contributed by atoms with Crippen LogP contribution in [0.3, 0.4) is 0 Å². The first-order valence-corrected chi connectivity index (χ1v) is 12.9. The number of anilines is 6. The van der Waals surface area contributed by atoms with E-state index >= 15 is 0 Å². The number of hydrogen-bond donors (Lipinski definition) is 0. The van der Waals surface area contributed by atoms with Crippen LogP contribution in [-0.2, 0) is 0 Å². The van der Waals surface area contributed by atoms with Crippen LogP contribution in [0.4, 0.5) is 34.1 Å². The molecule has 6 aromatic rings. The van der Waals surface area contributed by atoms with Gasteiger partial charge in [0, 0.05) is 34.1 Å². The van der Waals surface area contributed by atoms with Crippen molar-refractivity contribution < 1.29 is 0 Å². The molecule has 0 aliphatic carbocycles. The summed E-state index contributed by atoms with van der Waals surface area (Å²) in [6, 6.07) is 59.6. The minimum Gasteiger partial charge on any atom is -0.310 e. The highest BCUT2D eigenvalue weighted by molar-refractivity contribution is 5.83.